The number of benzene rings is 3. The van der Waals surface area contributed by atoms with Crippen LogP contribution >= 0.6 is 22.9 Å². The van der Waals surface area contributed by atoms with Gasteiger partial charge in [-0.2, -0.15) is 0 Å². The molecule has 4 aromatic rings. The molecule has 0 spiro atoms. The van der Waals surface area contributed by atoms with Crippen molar-refractivity contribution in [2.75, 3.05) is 13.2 Å². The third-order valence-corrected chi connectivity index (χ3v) is 6.63. The van der Waals surface area contributed by atoms with E-state index in [1.165, 1.54) is 11.3 Å². The predicted octanol–water partition coefficient (Wildman–Crippen LogP) is 4.48. The second-order valence-corrected chi connectivity index (χ2v) is 9.18. The van der Waals surface area contributed by atoms with Crippen LogP contribution in [-0.4, -0.2) is 29.0 Å². The molecule has 160 valence electrons. The van der Waals surface area contributed by atoms with E-state index in [1.807, 2.05) is 36.4 Å². The summed E-state index contributed by atoms with van der Waals surface area (Å²) in [6.45, 7) is -0.574. The van der Waals surface area contributed by atoms with Crippen LogP contribution in [0.1, 0.15) is 12.0 Å². The van der Waals surface area contributed by atoms with Crippen molar-refractivity contribution >= 4 is 43.1 Å². The Morgan fingerprint density at radius 1 is 0.935 bits per heavy atom. The van der Waals surface area contributed by atoms with Gasteiger partial charge in [-0.25, -0.2) is 0 Å². The van der Waals surface area contributed by atoms with E-state index in [0.717, 1.165) is 15.0 Å². The Labute approximate surface area is 188 Å². The fraction of sp³-hybridized carbons (Fsp3) is 0.208. The van der Waals surface area contributed by atoms with Crippen molar-refractivity contribution in [1.29, 1.82) is 0 Å². The summed E-state index contributed by atoms with van der Waals surface area (Å²) in [5, 5.41) is 20.7. The number of fused-ring (bicyclic) bond motifs is 2. The average molecular weight is 456 g/mol. The predicted molar refractivity (Wildman–Crippen MR) is 127 cm³/mol. The highest BCUT2D eigenvalue weighted by atomic mass is 35.5. The molecule has 5 nitrogen and oxygen atoms in total. The lowest BCUT2D eigenvalue weighted by Gasteiger charge is -2.24. The van der Waals surface area contributed by atoms with Crippen LogP contribution in [0.4, 0.5) is 0 Å². The normalized spacial score (nSPS) is 11.9. The van der Waals surface area contributed by atoms with Gasteiger partial charge in [0.1, 0.15) is 11.5 Å². The van der Waals surface area contributed by atoms with Crippen LogP contribution in [0.5, 0.6) is 11.5 Å². The summed E-state index contributed by atoms with van der Waals surface area (Å²) in [6, 6.07) is 18.3. The number of ether oxygens (including phenoxy) is 1. The molecule has 0 aliphatic rings. The highest BCUT2D eigenvalue weighted by molar-refractivity contribution is 7.24. The van der Waals surface area contributed by atoms with Gasteiger partial charge in [-0.3, -0.25) is 4.79 Å². The van der Waals surface area contributed by atoms with E-state index in [1.54, 1.807) is 24.3 Å². The number of aliphatic hydroxyl groups is 2. The standard InChI is InChI=1S/C24H22ClNO4S/c25-16-2-1-3-17(11-16)30-18-5-7-20-22(12-18)31-21-10-15(4-6-19(21)23(20)29)8-9-24(26,13-27)14-28/h1-7,10-12,27-28H,8-9,13-14,26H2. The molecule has 1 heterocycles. The smallest absolute Gasteiger partial charge is 0.195 e. The van der Waals surface area contributed by atoms with Gasteiger partial charge in [-0.15, -0.1) is 11.3 Å². The molecule has 0 saturated carbocycles. The Morgan fingerprint density at radius 2 is 1.61 bits per heavy atom. The first-order chi connectivity index (χ1) is 14.9. The molecule has 1 aromatic heterocycles. The SMILES string of the molecule is NC(CO)(CO)CCc1ccc2c(=O)c3ccc(Oc4cccc(Cl)c4)cc3sc2c1. The molecule has 4 N–H and O–H groups in total. The van der Waals surface area contributed by atoms with Crippen LogP contribution < -0.4 is 15.9 Å². The van der Waals surface area contributed by atoms with Crippen molar-refractivity contribution in [3.63, 3.8) is 0 Å². The van der Waals surface area contributed by atoms with Crippen LogP contribution in [0.25, 0.3) is 20.2 Å². The second-order valence-electron chi connectivity index (χ2n) is 7.66. The highest BCUT2D eigenvalue weighted by Crippen LogP contribution is 2.31. The molecule has 0 amide bonds. The summed E-state index contributed by atoms with van der Waals surface area (Å²) in [6.07, 6.45) is 1.02. The summed E-state index contributed by atoms with van der Waals surface area (Å²) in [5.41, 5.74) is 5.93. The monoisotopic (exact) mass is 455 g/mol. The molecular weight excluding hydrogens is 434 g/mol. The van der Waals surface area contributed by atoms with Crippen LogP contribution in [0.3, 0.4) is 0 Å². The first-order valence-electron chi connectivity index (χ1n) is 9.84. The quantitative estimate of drug-likeness (QED) is 0.357. The van der Waals surface area contributed by atoms with Crippen molar-refractivity contribution in [2.24, 2.45) is 5.73 Å². The van der Waals surface area contributed by atoms with Crippen LogP contribution in [0.15, 0.2) is 65.5 Å². The maximum Gasteiger partial charge on any atom is 0.195 e. The molecule has 0 radical (unpaired) electrons. The van der Waals surface area contributed by atoms with Crippen molar-refractivity contribution < 1.29 is 14.9 Å². The van der Waals surface area contributed by atoms with E-state index in [4.69, 9.17) is 22.1 Å². The second kappa shape index (κ2) is 8.94. The van der Waals surface area contributed by atoms with Gasteiger partial charge in [0.05, 0.1) is 18.8 Å². The van der Waals surface area contributed by atoms with E-state index >= 15 is 0 Å². The van der Waals surface area contributed by atoms with Gasteiger partial charge in [-0.05, 0) is 66.9 Å². The molecule has 31 heavy (non-hydrogen) atoms. The summed E-state index contributed by atoms with van der Waals surface area (Å²) in [7, 11) is 0. The molecule has 0 bridgehead atoms. The molecule has 0 unspecified atom stereocenters. The number of hydrogen-bond donors (Lipinski definition) is 3. The highest BCUT2D eigenvalue weighted by Gasteiger charge is 2.22. The maximum atomic E-state index is 13.0. The minimum atomic E-state index is -1.02. The fourth-order valence-electron chi connectivity index (χ4n) is 3.36. The zero-order valence-electron chi connectivity index (χ0n) is 16.7. The molecule has 0 aliphatic carbocycles. The van der Waals surface area contributed by atoms with Crippen molar-refractivity contribution in [3.05, 3.63) is 81.5 Å². The Hall–Kier alpha value is -2.48. The lowest BCUT2D eigenvalue weighted by molar-refractivity contribution is 0.115. The number of halogens is 1. The van der Waals surface area contributed by atoms with Gasteiger partial charge in [-0.1, -0.05) is 23.7 Å². The third kappa shape index (κ3) is 4.74. The zero-order valence-corrected chi connectivity index (χ0v) is 18.2. The van der Waals surface area contributed by atoms with Gasteiger partial charge < -0.3 is 20.7 Å². The van der Waals surface area contributed by atoms with E-state index in [9.17, 15) is 15.0 Å². The van der Waals surface area contributed by atoms with Crippen LogP contribution in [0.2, 0.25) is 5.02 Å². The van der Waals surface area contributed by atoms with E-state index in [-0.39, 0.29) is 18.6 Å². The fourth-order valence-corrected chi connectivity index (χ4v) is 4.71. The Bertz CT molecular complexity index is 1300. The summed E-state index contributed by atoms with van der Waals surface area (Å²) < 4.78 is 7.60. The van der Waals surface area contributed by atoms with Crippen molar-refractivity contribution in [1.82, 2.24) is 0 Å². The Balaban J connectivity index is 1.68. The molecule has 0 aliphatic heterocycles. The first kappa shape index (κ1) is 21.7. The molecule has 3 aromatic carbocycles. The van der Waals surface area contributed by atoms with Gasteiger partial charge in [0.2, 0.25) is 0 Å². The van der Waals surface area contributed by atoms with Crippen molar-refractivity contribution in [2.45, 2.75) is 18.4 Å². The molecule has 7 heteroatoms. The van der Waals surface area contributed by atoms with Gasteiger partial charge in [0.25, 0.3) is 0 Å². The third-order valence-electron chi connectivity index (χ3n) is 5.28. The Morgan fingerprint density at radius 3 is 2.32 bits per heavy atom. The topological polar surface area (TPSA) is 92.8 Å². The zero-order chi connectivity index (χ0) is 22.0. The largest absolute Gasteiger partial charge is 0.457 e. The molecule has 0 atom stereocenters. The maximum absolute atomic E-state index is 13.0. The van der Waals surface area contributed by atoms with Crippen LogP contribution in [-0.2, 0) is 6.42 Å². The number of aryl methyl sites for hydroxylation is 1. The van der Waals surface area contributed by atoms with Crippen molar-refractivity contribution in [3.8, 4) is 11.5 Å². The molecule has 0 fully saturated rings. The van der Waals surface area contributed by atoms with Gasteiger partial charge >= 0.3 is 0 Å². The van der Waals surface area contributed by atoms with Gasteiger partial charge in [0.15, 0.2) is 5.43 Å². The average Bonchev–Trinajstić information content (AvgIpc) is 2.77. The summed E-state index contributed by atoms with van der Waals surface area (Å²) >= 11 is 7.54. The lowest BCUT2D eigenvalue weighted by Crippen LogP contribution is -2.47. The molecule has 0 saturated heterocycles. The van der Waals surface area contributed by atoms with Crippen LogP contribution in [0, 0.1) is 0 Å². The van der Waals surface area contributed by atoms with E-state index < -0.39 is 5.54 Å². The van der Waals surface area contributed by atoms with Gasteiger partial charge in [0, 0.05) is 25.2 Å². The summed E-state index contributed by atoms with van der Waals surface area (Å²) in [4.78, 5) is 13.0. The van der Waals surface area contributed by atoms with E-state index in [2.05, 4.69) is 0 Å². The molecular formula is C24H22ClNO4S. The number of rotatable bonds is 7. The Kier molecular flexibility index (Phi) is 6.27. The minimum Gasteiger partial charge on any atom is -0.457 e. The van der Waals surface area contributed by atoms with E-state index in [0.29, 0.717) is 40.1 Å². The number of aliphatic hydroxyl groups excluding tert-OH is 2. The first-order valence-corrected chi connectivity index (χ1v) is 11.0. The minimum absolute atomic E-state index is 0.0245. The number of hydrogen-bond acceptors (Lipinski definition) is 6. The lowest BCUT2D eigenvalue weighted by atomic mass is 9.94. The number of nitrogens with two attached hydrogens (primary N) is 1. The summed E-state index contributed by atoms with van der Waals surface area (Å²) in [5.74, 6) is 1.25. The molecule has 4 rings (SSSR count).